The van der Waals surface area contributed by atoms with E-state index in [1.807, 2.05) is 0 Å². The fourth-order valence-corrected chi connectivity index (χ4v) is 2.66. The molecule has 2 fully saturated rings. The van der Waals surface area contributed by atoms with Crippen LogP contribution in [0.3, 0.4) is 0 Å². The lowest BCUT2D eigenvalue weighted by Gasteiger charge is -2.31. The van der Waals surface area contributed by atoms with E-state index in [-0.39, 0.29) is 17.9 Å². The van der Waals surface area contributed by atoms with Crippen molar-refractivity contribution in [1.82, 2.24) is 15.4 Å². The van der Waals surface area contributed by atoms with E-state index in [0.717, 1.165) is 6.54 Å². The second-order valence-corrected chi connectivity index (χ2v) is 6.20. The van der Waals surface area contributed by atoms with Crippen molar-refractivity contribution >= 4 is 17.8 Å². The summed E-state index contributed by atoms with van der Waals surface area (Å²) in [5.74, 6) is 1.67. The normalized spacial score (nSPS) is 19.0. The summed E-state index contributed by atoms with van der Waals surface area (Å²) in [5, 5.41) is 9.49. The van der Waals surface area contributed by atoms with E-state index in [0.29, 0.717) is 43.4 Å². The van der Waals surface area contributed by atoms with Gasteiger partial charge in [-0.05, 0) is 38.5 Å². The largest absolute Gasteiger partial charge is 0.360 e. The number of hydrogen-bond acceptors (Lipinski definition) is 4. The zero-order valence-corrected chi connectivity index (χ0v) is 12.8. The molecule has 120 valence electrons. The van der Waals surface area contributed by atoms with Gasteiger partial charge in [-0.1, -0.05) is 5.16 Å². The van der Waals surface area contributed by atoms with Crippen LogP contribution in [0.4, 0.5) is 10.6 Å². The van der Waals surface area contributed by atoms with E-state index >= 15 is 0 Å². The first kappa shape index (κ1) is 14.9. The minimum absolute atomic E-state index is 0.00196. The highest BCUT2D eigenvalue weighted by Crippen LogP contribution is 2.27. The molecule has 22 heavy (non-hydrogen) atoms. The summed E-state index contributed by atoms with van der Waals surface area (Å²) in [7, 11) is 0. The molecule has 1 aliphatic heterocycles. The van der Waals surface area contributed by atoms with E-state index in [1.54, 1.807) is 17.9 Å². The summed E-state index contributed by atoms with van der Waals surface area (Å²) < 4.78 is 4.93. The van der Waals surface area contributed by atoms with E-state index < -0.39 is 0 Å². The van der Waals surface area contributed by atoms with E-state index in [2.05, 4.69) is 15.8 Å². The summed E-state index contributed by atoms with van der Waals surface area (Å²) in [4.78, 5) is 26.0. The topological polar surface area (TPSA) is 87.5 Å². The maximum atomic E-state index is 12.2. The third-order valence-corrected chi connectivity index (χ3v) is 4.27. The van der Waals surface area contributed by atoms with Gasteiger partial charge in [-0.15, -0.1) is 0 Å². The average molecular weight is 306 g/mol. The number of nitrogens with one attached hydrogen (secondary N) is 2. The van der Waals surface area contributed by atoms with Gasteiger partial charge < -0.3 is 20.1 Å². The van der Waals surface area contributed by atoms with E-state index in [9.17, 15) is 9.59 Å². The number of nitrogens with zero attached hydrogens (tertiary/aromatic N) is 2. The van der Waals surface area contributed by atoms with Gasteiger partial charge in [0.25, 0.3) is 0 Å². The molecule has 0 spiro atoms. The van der Waals surface area contributed by atoms with Crippen molar-refractivity contribution in [2.45, 2.75) is 32.6 Å². The van der Waals surface area contributed by atoms with Crippen LogP contribution in [0.25, 0.3) is 0 Å². The molecule has 7 nitrogen and oxygen atoms in total. The number of aryl methyl sites for hydroxylation is 1. The quantitative estimate of drug-likeness (QED) is 0.887. The highest BCUT2D eigenvalue weighted by molar-refractivity contribution is 5.91. The van der Waals surface area contributed by atoms with Gasteiger partial charge in [0.2, 0.25) is 5.91 Å². The first-order valence-electron chi connectivity index (χ1n) is 7.89. The third kappa shape index (κ3) is 3.78. The van der Waals surface area contributed by atoms with Crippen molar-refractivity contribution < 1.29 is 14.1 Å². The maximum Gasteiger partial charge on any atom is 0.317 e. The molecule has 0 radical (unpaired) electrons. The molecule has 1 aromatic rings. The second kappa shape index (κ2) is 6.37. The smallest absolute Gasteiger partial charge is 0.317 e. The molecule has 0 unspecified atom stereocenters. The van der Waals surface area contributed by atoms with Crippen LogP contribution in [-0.2, 0) is 4.79 Å². The number of hydrogen-bond donors (Lipinski definition) is 2. The van der Waals surface area contributed by atoms with E-state index in [1.165, 1.54) is 12.8 Å². The number of aromatic nitrogens is 1. The first-order valence-corrected chi connectivity index (χ1v) is 7.89. The van der Waals surface area contributed by atoms with Gasteiger partial charge in [-0.2, -0.15) is 0 Å². The van der Waals surface area contributed by atoms with Crippen LogP contribution in [0, 0.1) is 18.8 Å². The van der Waals surface area contributed by atoms with Crippen molar-refractivity contribution in [2.24, 2.45) is 11.8 Å². The van der Waals surface area contributed by atoms with Crippen LogP contribution < -0.4 is 10.6 Å². The zero-order valence-electron chi connectivity index (χ0n) is 12.8. The number of likely N-dealkylation sites (tertiary alicyclic amines) is 1. The number of carbonyl (C=O) groups is 2. The molecule has 1 aromatic heterocycles. The first-order chi connectivity index (χ1) is 10.6. The Morgan fingerprint density at radius 2 is 2.05 bits per heavy atom. The molecule has 1 saturated carbocycles. The molecule has 2 aliphatic rings. The molecular weight excluding hydrogens is 284 g/mol. The van der Waals surface area contributed by atoms with Gasteiger partial charge in [-0.25, -0.2) is 4.79 Å². The Hall–Kier alpha value is -2.05. The molecule has 2 N–H and O–H groups in total. The average Bonchev–Trinajstić information content (AvgIpc) is 3.27. The summed E-state index contributed by atoms with van der Waals surface area (Å²) in [5.41, 5.74) is 0. The lowest BCUT2D eigenvalue weighted by Crippen LogP contribution is -2.46. The summed E-state index contributed by atoms with van der Waals surface area (Å²) in [6.45, 7) is 3.80. The SMILES string of the molecule is Cc1cc(NC(=O)C2CCN(C(=O)NCC3CC3)CC2)no1. The Bertz CT molecular complexity index is 545. The van der Waals surface area contributed by atoms with Crippen molar-refractivity contribution in [3.8, 4) is 0 Å². The summed E-state index contributed by atoms with van der Waals surface area (Å²) in [6.07, 6.45) is 3.81. The minimum Gasteiger partial charge on any atom is -0.360 e. The van der Waals surface area contributed by atoms with Crippen molar-refractivity contribution in [2.75, 3.05) is 25.0 Å². The Kier molecular flexibility index (Phi) is 4.31. The number of piperidine rings is 1. The predicted octanol–water partition coefficient (Wildman–Crippen LogP) is 1.75. The maximum absolute atomic E-state index is 12.2. The zero-order chi connectivity index (χ0) is 15.5. The molecule has 2 heterocycles. The third-order valence-electron chi connectivity index (χ3n) is 4.27. The summed E-state index contributed by atoms with van der Waals surface area (Å²) in [6, 6.07) is 1.69. The molecule has 0 aromatic carbocycles. The van der Waals surface area contributed by atoms with Gasteiger partial charge in [0.05, 0.1) is 0 Å². The molecule has 1 aliphatic carbocycles. The number of urea groups is 1. The fourth-order valence-electron chi connectivity index (χ4n) is 2.66. The molecule has 0 bridgehead atoms. The van der Waals surface area contributed by atoms with Crippen molar-refractivity contribution in [1.29, 1.82) is 0 Å². The van der Waals surface area contributed by atoms with Gasteiger partial charge in [0.15, 0.2) is 5.82 Å². The van der Waals surface area contributed by atoms with Crippen LogP contribution in [0.15, 0.2) is 10.6 Å². The van der Waals surface area contributed by atoms with Gasteiger partial charge in [0.1, 0.15) is 5.76 Å². The highest BCUT2D eigenvalue weighted by atomic mass is 16.5. The number of carbonyl (C=O) groups excluding carboxylic acids is 2. The van der Waals surface area contributed by atoms with Crippen LogP contribution in [0.1, 0.15) is 31.4 Å². The molecule has 0 atom stereocenters. The molecule has 1 saturated heterocycles. The van der Waals surface area contributed by atoms with Crippen molar-refractivity contribution in [3.63, 3.8) is 0 Å². The molecule has 3 amide bonds. The van der Waals surface area contributed by atoms with E-state index in [4.69, 9.17) is 4.52 Å². The standard InChI is InChI=1S/C15H22N4O3/c1-10-8-13(18-22-10)17-14(20)12-4-6-19(7-5-12)15(21)16-9-11-2-3-11/h8,11-12H,2-7,9H2,1H3,(H,16,21)(H,17,18,20). The van der Waals surface area contributed by atoms with Crippen LogP contribution >= 0.6 is 0 Å². The van der Waals surface area contributed by atoms with Crippen LogP contribution in [0.5, 0.6) is 0 Å². The minimum atomic E-state index is -0.0792. The Morgan fingerprint density at radius 3 is 2.64 bits per heavy atom. The number of anilines is 1. The molecule has 7 heteroatoms. The van der Waals surface area contributed by atoms with Gasteiger partial charge >= 0.3 is 6.03 Å². The van der Waals surface area contributed by atoms with Crippen molar-refractivity contribution in [3.05, 3.63) is 11.8 Å². The number of rotatable bonds is 4. The fraction of sp³-hybridized carbons (Fsp3) is 0.667. The lowest BCUT2D eigenvalue weighted by molar-refractivity contribution is -0.121. The molecule has 3 rings (SSSR count). The van der Waals surface area contributed by atoms with Crippen LogP contribution in [0.2, 0.25) is 0 Å². The predicted molar refractivity (Wildman–Crippen MR) is 80.3 cm³/mol. The van der Waals surface area contributed by atoms with Gasteiger partial charge in [-0.3, -0.25) is 4.79 Å². The second-order valence-electron chi connectivity index (χ2n) is 6.20. The Morgan fingerprint density at radius 1 is 1.32 bits per heavy atom. The summed E-state index contributed by atoms with van der Waals surface area (Å²) >= 11 is 0. The molecular formula is C15H22N4O3. The van der Waals surface area contributed by atoms with Crippen LogP contribution in [-0.4, -0.2) is 41.6 Å². The Labute approximate surface area is 129 Å². The monoisotopic (exact) mass is 306 g/mol. The Balaban J connectivity index is 1.42. The number of amides is 3. The highest BCUT2D eigenvalue weighted by Gasteiger charge is 2.29. The lowest BCUT2D eigenvalue weighted by atomic mass is 9.96. The van der Waals surface area contributed by atoms with Gasteiger partial charge in [0, 0.05) is 31.6 Å².